The van der Waals surface area contributed by atoms with Gasteiger partial charge >= 0.3 is 0 Å². The van der Waals surface area contributed by atoms with Gasteiger partial charge in [-0.25, -0.2) is 0 Å². The lowest BCUT2D eigenvalue weighted by Gasteiger charge is -2.30. The molecule has 0 aromatic heterocycles. The molecule has 0 heterocycles. The van der Waals surface area contributed by atoms with E-state index in [0.717, 1.165) is 0 Å². The normalized spacial score (nSPS) is 13.0. The van der Waals surface area contributed by atoms with Gasteiger partial charge in [0.05, 0.1) is 0 Å². The summed E-state index contributed by atoms with van der Waals surface area (Å²) in [5.74, 6) is 0.113. The van der Waals surface area contributed by atoms with Crippen LogP contribution in [0, 0.1) is 27.7 Å². The number of aryl methyl sites for hydroxylation is 4. The molecule has 0 saturated carbocycles. The van der Waals surface area contributed by atoms with E-state index in [2.05, 4.69) is 277 Å². The van der Waals surface area contributed by atoms with Crippen LogP contribution in [0.4, 0.5) is 0 Å². The zero-order valence-corrected chi connectivity index (χ0v) is 46.1. The zero-order valence-electron chi connectivity index (χ0n) is 46.1. The van der Waals surface area contributed by atoms with Crippen LogP contribution in [0.5, 0.6) is 0 Å². The zero-order chi connectivity index (χ0) is 50.6. The Hall–Kier alpha value is -5.46. The van der Waals surface area contributed by atoms with Crippen molar-refractivity contribution in [2.45, 2.75) is 176 Å². The van der Waals surface area contributed by atoms with Gasteiger partial charge in [0.2, 0.25) is 0 Å². The molecule has 0 saturated heterocycles. The highest BCUT2D eigenvalue weighted by atomic mass is 14.3. The van der Waals surface area contributed by atoms with Crippen LogP contribution in [0.1, 0.15) is 222 Å². The van der Waals surface area contributed by atoms with Crippen LogP contribution in [0.25, 0.3) is 0 Å². The van der Waals surface area contributed by atoms with E-state index in [1.165, 1.54) is 100 Å². The Balaban J connectivity index is 1.49. The van der Waals surface area contributed by atoms with Gasteiger partial charge in [-0.05, 0) is 155 Å². The second-order valence-corrected chi connectivity index (χ2v) is 25.8. The average molecular weight is 913 g/mol. The van der Waals surface area contributed by atoms with Crippen molar-refractivity contribution in [1.82, 2.24) is 0 Å². The highest BCUT2D eigenvalue weighted by molar-refractivity contribution is 5.59. The third-order valence-corrected chi connectivity index (χ3v) is 15.1. The summed E-state index contributed by atoms with van der Waals surface area (Å²) >= 11 is 0. The molecule has 0 bridgehead atoms. The van der Waals surface area contributed by atoms with Crippen molar-refractivity contribution < 1.29 is 0 Å². The van der Waals surface area contributed by atoms with E-state index in [9.17, 15) is 0 Å². The first kappa shape index (κ1) is 51.4. The van der Waals surface area contributed by atoms with Crippen molar-refractivity contribution in [1.29, 1.82) is 0 Å². The first-order valence-corrected chi connectivity index (χ1v) is 25.8. The van der Waals surface area contributed by atoms with Crippen LogP contribution in [-0.2, 0) is 27.1 Å². The lowest BCUT2D eigenvalue weighted by Crippen LogP contribution is -2.15. The molecule has 0 aliphatic carbocycles. The lowest BCUT2D eigenvalue weighted by atomic mass is 9.74. The van der Waals surface area contributed by atoms with Crippen LogP contribution >= 0.6 is 0 Å². The predicted molar refractivity (Wildman–Crippen MR) is 300 cm³/mol. The molecule has 0 unspecified atom stereocenters. The highest BCUT2D eigenvalue weighted by Crippen LogP contribution is 2.45. The molecular weight excluding hydrogens is 829 g/mol. The Labute approximate surface area is 420 Å². The van der Waals surface area contributed by atoms with Gasteiger partial charge < -0.3 is 0 Å². The van der Waals surface area contributed by atoms with Crippen molar-refractivity contribution in [3.8, 4) is 0 Å². The highest BCUT2D eigenvalue weighted by Gasteiger charge is 2.30. The first-order chi connectivity index (χ1) is 32.0. The second kappa shape index (κ2) is 19.0. The molecule has 360 valence electrons. The summed E-state index contributed by atoms with van der Waals surface area (Å²) in [7, 11) is 0. The summed E-state index contributed by atoms with van der Waals surface area (Å²) in [6.07, 6.45) is 0. The molecule has 0 fully saturated rings. The summed E-state index contributed by atoms with van der Waals surface area (Å²) in [4.78, 5) is 0. The van der Waals surface area contributed by atoms with Crippen LogP contribution in [0.2, 0.25) is 0 Å². The standard InChI is InChI=1S/C69H84/c1-44-40-46(3)60(42-58(44)62(48-20-30-53(31-21-48)65(5,6)7)49-22-32-54(33-23-49)66(8,9)10)64(52-28-38-57(39-29-52)69(17,18)19)61-43-59(45(2)41-47(61)4)63(50-24-34-55(35-25-50)67(11,12)13)51-26-36-56(37-27-51)68(14,15)16/h20-43,62-64H,1-19H3. The summed E-state index contributed by atoms with van der Waals surface area (Å²) < 4.78 is 0. The van der Waals surface area contributed by atoms with E-state index in [1.807, 2.05) is 0 Å². The third-order valence-electron chi connectivity index (χ3n) is 15.1. The maximum Gasteiger partial charge on any atom is 0.0345 e. The second-order valence-electron chi connectivity index (χ2n) is 25.8. The fraction of sp³-hybridized carbons (Fsp3) is 0.391. The van der Waals surface area contributed by atoms with Gasteiger partial charge in [-0.1, -0.05) is 249 Å². The number of benzene rings is 7. The van der Waals surface area contributed by atoms with Gasteiger partial charge in [-0.15, -0.1) is 0 Å². The van der Waals surface area contributed by atoms with E-state index in [-0.39, 0.29) is 44.8 Å². The maximum absolute atomic E-state index is 2.60. The van der Waals surface area contributed by atoms with Crippen molar-refractivity contribution in [2.75, 3.05) is 0 Å². The molecule has 7 rings (SSSR count). The molecule has 0 atom stereocenters. The van der Waals surface area contributed by atoms with Gasteiger partial charge in [0, 0.05) is 17.8 Å². The van der Waals surface area contributed by atoms with Gasteiger partial charge in [0.1, 0.15) is 0 Å². The quantitative estimate of drug-likeness (QED) is 0.127. The van der Waals surface area contributed by atoms with Gasteiger partial charge in [0.15, 0.2) is 0 Å². The van der Waals surface area contributed by atoms with Crippen molar-refractivity contribution in [3.05, 3.63) is 246 Å². The molecule has 7 aromatic carbocycles. The predicted octanol–water partition coefficient (Wildman–Crippen LogP) is 18.9. The molecule has 0 aliphatic rings. The van der Waals surface area contributed by atoms with Crippen molar-refractivity contribution in [3.63, 3.8) is 0 Å². The van der Waals surface area contributed by atoms with Gasteiger partial charge in [-0.3, -0.25) is 0 Å². The lowest BCUT2D eigenvalue weighted by molar-refractivity contribution is 0.589. The van der Waals surface area contributed by atoms with Crippen LogP contribution in [0.15, 0.2) is 146 Å². The molecule has 0 radical (unpaired) electrons. The van der Waals surface area contributed by atoms with Crippen LogP contribution in [0.3, 0.4) is 0 Å². The van der Waals surface area contributed by atoms with Crippen molar-refractivity contribution >= 4 is 0 Å². The van der Waals surface area contributed by atoms with Crippen LogP contribution < -0.4 is 0 Å². The van der Waals surface area contributed by atoms with E-state index >= 15 is 0 Å². The largest absolute Gasteiger partial charge is 0.0582 e. The molecule has 0 amide bonds. The Kier molecular flexibility index (Phi) is 14.2. The molecule has 0 heteroatoms. The number of rotatable bonds is 9. The molecule has 0 aliphatic heterocycles. The Bertz CT molecular complexity index is 2570. The van der Waals surface area contributed by atoms with Crippen LogP contribution in [-0.4, -0.2) is 0 Å². The minimum absolute atomic E-state index is 0.00270. The Morgan fingerprint density at radius 2 is 0.377 bits per heavy atom. The van der Waals surface area contributed by atoms with E-state index in [4.69, 9.17) is 0 Å². The molecule has 0 N–H and O–H groups in total. The maximum atomic E-state index is 2.60. The van der Waals surface area contributed by atoms with Gasteiger partial charge in [0.25, 0.3) is 0 Å². The average Bonchev–Trinajstić information content (AvgIpc) is 3.26. The van der Waals surface area contributed by atoms with Gasteiger partial charge in [-0.2, -0.15) is 0 Å². The first-order valence-electron chi connectivity index (χ1n) is 25.8. The monoisotopic (exact) mass is 913 g/mol. The summed E-state index contributed by atoms with van der Waals surface area (Å²) in [6, 6.07) is 57.7. The summed E-state index contributed by atoms with van der Waals surface area (Å²) in [5, 5.41) is 0. The third kappa shape index (κ3) is 11.3. The number of hydrogen-bond donors (Lipinski definition) is 0. The molecule has 0 nitrogen and oxygen atoms in total. The number of hydrogen-bond acceptors (Lipinski definition) is 0. The SMILES string of the molecule is Cc1cc(C)c(C(c2ccc(C(C)(C)C)cc2)c2cc(C(c3ccc(C(C)(C)C)cc3)c3ccc(C(C)(C)C)cc3)c(C)cc2C)cc1C(c1ccc(C(C)(C)C)cc1)c1ccc(C(C)(C)C)cc1. The summed E-state index contributed by atoms with van der Waals surface area (Å²) in [6.45, 7) is 44.0. The van der Waals surface area contributed by atoms with E-state index < -0.39 is 0 Å². The topological polar surface area (TPSA) is 0 Å². The minimum atomic E-state index is -0.00270. The smallest absolute Gasteiger partial charge is 0.0345 e. The molecular formula is C69H84. The summed E-state index contributed by atoms with van der Waals surface area (Å²) in [5.41, 5.74) is 24.4. The molecule has 0 spiro atoms. The minimum Gasteiger partial charge on any atom is -0.0582 e. The van der Waals surface area contributed by atoms with E-state index in [0.29, 0.717) is 0 Å². The molecule has 69 heavy (non-hydrogen) atoms. The fourth-order valence-corrected chi connectivity index (χ4v) is 10.5. The fourth-order valence-electron chi connectivity index (χ4n) is 10.5. The Morgan fingerprint density at radius 1 is 0.217 bits per heavy atom. The Morgan fingerprint density at radius 3 is 0.551 bits per heavy atom. The molecule has 7 aromatic rings. The van der Waals surface area contributed by atoms with E-state index in [1.54, 1.807) is 0 Å². The van der Waals surface area contributed by atoms with Crippen molar-refractivity contribution in [2.24, 2.45) is 0 Å².